The lowest BCUT2D eigenvalue weighted by molar-refractivity contribution is 0.0940. The molecule has 1 aromatic carbocycles. The summed E-state index contributed by atoms with van der Waals surface area (Å²) in [6.07, 6.45) is -0.334. The number of benzene rings is 1. The van der Waals surface area contributed by atoms with Crippen LogP contribution in [-0.2, 0) is 0 Å². The lowest BCUT2D eigenvalue weighted by Crippen LogP contribution is -2.37. The molecule has 0 bridgehead atoms. The molecule has 0 saturated heterocycles. The molecule has 3 aromatic rings. The number of anilines is 1. The Bertz CT molecular complexity index is 964. The number of nitrogens with zero attached hydrogens (tertiary/aromatic N) is 1. The van der Waals surface area contributed by atoms with E-state index < -0.39 is 0 Å². The molecule has 2 aromatic heterocycles. The van der Waals surface area contributed by atoms with Crippen molar-refractivity contribution in [1.82, 2.24) is 10.3 Å². The van der Waals surface area contributed by atoms with Gasteiger partial charge >= 0.3 is 0 Å². The number of para-hydroxylation sites is 1. The predicted octanol–water partition coefficient (Wildman–Crippen LogP) is 3.78. The number of ether oxygens (including phenoxy) is 1. The van der Waals surface area contributed by atoms with Crippen molar-refractivity contribution in [2.75, 3.05) is 12.4 Å². The normalized spacial score (nSPS) is 16.5. The van der Waals surface area contributed by atoms with E-state index in [4.69, 9.17) is 4.74 Å². The van der Waals surface area contributed by atoms with Gasteiger partial charge < -0.3 is 15.4 Å². The fraction of sp³-hybridized carbons (Fsp3) is 0.222. The quantitative estimate of drug-likeness (QED) is 0.746. The Morgan fingerprint density at radius 2 is 2.00 bits per heavy atom. The van der Waals surface area contributed by atoms with Crippen molar-refractivity contribution in [3.05, 3.63) is 52.0 Å². The van der Waals surface area contributed by atoms with Gasteiger partial charge in [0.15, 0.2) is 0 Å². The number of fused-ring (bicyclic) bond motifs is 3. The number of methoxy groups -OCH3 is 1. The lowest BCUT2D eigenvalue weighted by Gasteiger charge is -2.27. The zero-order chi connectivity index (χ0) is 16.8. The molecule has 0 saturated carbocycles. The number of nitrogens with one attached hydrogen (secondary N) is 2. The Hall–Kier alpha value is -2.60. The van der Waals surface area contributed by atoms with Crippen molar-refractivity contribution in [1.29, 1.82) is 0 Å². The average molecular weight is 339 g/mol. The molecule has 24 heavy (non-hydrogen) atoms. The minimum Gasteiger partial charge on any atom is -0.496 e. The van der Waals surface area contributed by atoms with Gasteiger partial charge in [-0.3, -0.25) is 4.79 Å². The Labute approximate surface area is 143 Å². The highest BCUT2D eigenvalue weighted by Crippen LogP contribution is 2.41. The van der Waals surface area contributed by atoms with E-state index in [1.807, 2.05) is 37.3 Å². The van der Waals surface area contributed by atoms with Gasteiger partial charge in [0.1, 0.15) is 21.6 Å². The third-order valence-electron chi connectivity index (χ3n) is 4.21. The number of aryl methyl sites for hydroxylation is 2. The van der Waals surface area contributed by atoms with Crippen LogP contribution in [0.4, 0.5) is 5.69 Å². The number of carbonyl (C=O) groups is 1. The lowest BCUT2D eigenvalue weighted by atomic mass is 10.1. The van der Waals surface area contributed by atoms with Crippen molar-refractivity contribution in [2.24, 2.45) is 0 Å². The number of thiophene rings is 1. The van der Waals surface area contributed by atoms with Gasteiger partial charge in [-0.05, 0) is 31.5 Å². The largest absolute Gasteiger partial charge is 0.496 e. The summed E-state index contributed by atoms with van der Waals surface area (Å²) in [5.41, 5.74) is 3.84. The maximum atomic E-state index is 12.6. The number of hydrogen-bond donors (Lipinski definition) is 2. The summed E-state index contributed by atoms with van der Waals surface area (Å²) in [6.45, 7) is 4.02. The van der Waals surface area contributed by atoms with Crippen LogP contribution in [0.25, 0.3) is 10.2 Å². The number of pyridine rings is 1. The highest BCUT2D eigenvalue weighted by atomic mass is 32.1. The summed E-state index contributed by atoms with van der Waals surface area (Å²) in [5, 5.41) is 7.49. The zero-order valence-electron chi connectivity index (χ0n) is 13.6. The SMILES string of the molecule is COc1ccccc1C1NC(=O)c2sc3nc(C)cc(C)c3c2N1. The summed E-state index contributed by atoms with van der Waals surface area (Å²) in [7, 11) is 1.63. The first-order valence-electron chi connectivity index (χ1n) is 7.69. The highest BCUT2D eigenvalue weighted by molar-refractivity contribution is 7.21. The Kier molecular flexibility index (Phi) is 3.42. The van der Waals surface area contributed by atoms with Gasteiger partial charge in [0, 0.05) is 16.6 Å². The molecule has 2 N–H and O–H groups in total. The second-order valence-electron chi connectivity index (χ2n) is 5.86. The first-order chi connectivity index (χ1) is 11.6. The highest BCUT2D eigenvalue weighted by Gasteiger charge is 2.30. The van der Waals surface area contributed by atoms with Crippen LogP contribution in [0.15, 0.2) is 30.3 Å². The molecule has 3 heterocycles. The maximum absolute atomic E-state index is 12.6. The Morgan fingerprint density at radius 1 is 1.21 bits per heavy atom. The fourth-order valence-corrected chi connectivity index (χ4v) is 4.34. The van der Waals surface area contributed by atoms with Gasteiger partial charge in [-0.1, -0.05) is 18.2 Å². The molecular weight excluding hydrogens is 322 g/mol. The molecule has 5 nitrogen and oxygen atoms in total. The number of rotatable bonds is 2. The van der Waals surface area contributed by atoms with Crippen LogP contribution in [0.5, 0.6) is 5.75 Å². The summed E-state index contributed by atoms with van der Waals surface area (Å²) >= 11 is 1.43. The first kappa shape index (κ1) is 15.0. The topological polar surface area (TPSA) is 63.2 Å². The molecule has 1 aliphatic heterocycles. The number of aromatic nitrogens is 1. The average Bonchev–Trinajstić information content (AvgIpc) is 2.93. The van der Waals surface area contributed by atoms with Gasteiger partial charge in [0.25, 0.3) is 5.91 Å². The second-order valence-corrected chi connectivity index (χ2v) is 6.86. The molecule has 4 rings (SSSR count). The van der Waals surface area contributed by atoms with E-state index in [2.05, 4.69) is 22.5 Å². The third-order valence-corrected chi connectivity index (χ3v) is 5.29. The summed E-state index contributed by atoms with van der Waals surface area (Å²) in [6, 6.07) is 9.73. The molecule has 0 aliphatic carbocycles. The number of carbonyl (C=O) groups excluding carboxylic acids is 1. The van der Waals surface area contributed by atoms with Crippen LogP contribution < -0.4 is 15.4 Å². The van der Waals surface area contributed by atoms with Crippen LogP contribution in [-0.4, -0.2) is 18.0 Å². The first-order valence-corrected chi connectivity index (χ1v) is 8.51. The predicted molar refractivity (Wildman–Crippen MR) is 95.9 cm³/mol. The van der Waals surface area contributed by atoms with E-state index in [1.54, 1.807) is 7.11 Å². The molecule has 0 radical (unpaired) electrons. The minimum atomic E-state index is -0.334. The van der Waals surface area contributed by atoms with E-state index in [9.17, 15) is 4.79 Å². The maximum Gasteiger partial charge on any atom is 0.265 e. The van der Waals surface area contributed by atoms with E-state index in [-0.39, 0.29) is 12.1 Å². The van der Waals surface area contributed by atoms with Crippen molar-refractivity contribution < 1.29 is 9.53 Å². The summed E-state index contributed by atoms with van der Waals surface area (Å²) in [5.74, 6) is 0.656. The number of hydrogen-bond acceptors (Lipinski definition) is 5. The molecule has 0 spiro atoms. The van der Waals surface area contributed by atoms with Crippen molar-refractivity contribution in [3.8, 4) is 5.75 Å². The molecule has 122 valence electrons. The monoisotopic (exact) mass is 339 g/mol. The Morgan fingerprint density at radius 3 is 2.79 bits per heavy atom. The molecule has 1 amide bonds. The van der Waals surface area contributed by atoms with Crippen LogP contribution >= 0.6 is 11.3 Å². The van der Waals surface area contributed by atoms with Crippen molar-refractivity contribution in [3.63, 3.8) is 0 Å². The summed E-state index contributed by atoms with van der Waals surface area (Å²) < 4.78 is 5.43. The Balaban J connectivity index is 1.86. The molecule has 0 fully saturated rings. The molecular formula is C18H17N3O2S. The smallest absolute Gasteiger partial charge is 0.265 e. The minimum absolute atomic E-state index is 0.0836. The summed E-state index contributed by atoms with van der Waals surface area (Å²) in [4.78, 5) is 18.8. The van der Waals surface area contributed by atoms with Crippen LogP contribution in [0.1, 0.15) is 32.7 Å². The van der Waals surface area contributed by atoms with Crippen LogP contribution in [0.2, 0.25) is 0 Å². The van der Waals surface area contributed by atoms with Gasteiger partial charge in [-0.2, -0.15) is 0 Å². The molecule has 1 aliphatic rings. The molecule has 6 heteroatoms. The second kappa shape index (κ2) is 5.49. The van der Waals surface area contributed by atoms with E-state index >= 15 is 0 Å². The van der Waals surface area contributed by atoms with E-state index in [0.717, 1.165) is 38.5 Å². The third kappa shape index (κ3) is 2.22. The van der Waals surface area contributed by atoms with Gasteiger partial charge in [0.2, 0.25) is 0 Å². The van der Waals surface area contributed by atoms with E-state index in [0.29, 0.717) is 4.88 Å². The fourth-order valence-electron chi connectivity index (χ4n) is 3.18. The molecule has 1 atom stereocenters. The molecule has 1 unspecified atom stereocenters. The van der Waals surface area contributed by atoms with E-state index in [1.165, 1.54) is 11.3 Å². The van der Waals surface area contributed by atoms with Crippen molar-refractivity contribution >= 4 is 33.1 Å². The van der Waals surface area contributed by atoms with Gasteiger partial charge in [0.05, 0.1) is 12.8 Å². The van der Waals surface area contributed by atoms with Crippen LogP contribution in [0, 0.1) is 13.8 Å². The number of amides is 1. The standard InChI is InChI=1S/C18H17N3O2S/c1-9-8-10(2)19-18-13(9)14-15(24-18)17(22)21-16(20-14)11-6-4-5-7-12(11)23-3/h4-8,16,20H,1-3H3,(H,21,22). The van der Waals surface area contributed by atoms with Crippen molar-refractivity contribution in [2.45, 2.75) is 20.0 Å². The van der Waals surface area contributed by atoms with Crippen LogP contribution in [0.3, 0.4) is 0 Å². The van der Waals surface area contributed by atoms with Gasteiger partial charge in [-0.25, -0.2) is 4.98 Å². The van der Waals surface area contributed by atoms with Gasteiger partial charge in [-0.15, -0.1) is 11.3 Å². The zero-order valence-corrected chi connectivity index (χ0v) is 14.5.